The van der Waals surface area contributed by atoms with Crippen LogP contribution in [0.2, 0.25) is 0 Å². The Labute approximate surface area is 93.7 Å². The van der Waals surface area contributed by atoms with Gasteiger partial charge in [0.1, 0.15) is 0 Å². The Morgan fingerprint density at radius 2 is 2.20 bits per heavy atom. The summed E-state index contributed by atoms with van der Waals surface area (Å²) in [6.45, 7) is 6.62. The van der Waals surface area contributed by atoms with E-state index in [0.29, 0.717) is 12.1 Å². The molecule has 3 heteroatoms. The zero-order valence-corrected chi connectivity index (χ0v) is 10.5. The van der Waals surface area contributed by atoms with Gasteiger partial charge in [-0.15, -0.1) is 0 Å². The Bertz CT molecular complexity index is 213. The van der Waals surface area contributed by atoms with Crippen LogP contribution in [0.5, 0.6) is 0 Å². The molecule has 0 bridgehead atoms. The fourth-order valence-corrected chi connectivity index (χ4v) is 1.80. The van der Waals surface area contributed by atoms with Gasteiger partial charge in [0.05, 0.1) is 0 Å². The average Bonchev–Trinajstić information content (AvgIpc) is 2.96. The van der Waals surface area contributed by atoms with Crippen LogP contribution < -0.4 is 10.6 Å². The summed E-state index contributed by atoms with van der Waals surface area (Å²) in [6.07, 6.45) is 5.08. The lowest BCUT2D eigenvalue weighted by molar-refractivity contribution is 0.610. The van der Waals surface area contributed by atoms with Crippen LogP contribution in [0.15, 0.2) is 4.99 Å². The summed E-state index contributed by atoms with van der Waals surface area (Å²) in [6, 6.07) is 1.17. The quantitative estimate of drug-likeness (QED) is 0.540. The van der Waals surface area contributed by atoms with Gasteiger partial charge in [-0.25, -0.2) is 0 Å². The van der Waals surface area contributed by atoms with E-state index in [0.717, 1.165) is 18.3 Å². The molecule has 2 N–H and O–H groups in total. The first kappa shape index (κ1) is 12.3. The van der Waals surface area contributed by atoms with Crippen LogP contribution in [-0.2, 0) is 0 Å². The van der Waals surface area contributed by atoms with Crippen LogP contribution in [0.25, 0.3) is 0 Å². The second-order valence-electron chi connectivity index (χ2n) is 4.56. The van der Waals surface area contributed by atoms with Crippen molar-refractivity contribution in [2.24, 2.45) is 10.9 Å². The number of hydrogen-bond donors (Lipinski definition) is 2. The third-order valence-electron chi connectivity index (χ3n) is 3.12. The molecule has 0 aliphatic heterocycles. The van der Waals surface area contributed by atoms with E-state index in [1.165, 1.54) is 19.3 Å². The Hall–Kier alpha value is -0.730. The molecule has 0 saturated heterocycles. The van der Waals surface area contributed by atoms with E-state index in [4.69, 9.17) is 0 Å². The highest BCUT2D eigenvalue weighted by Gasteiger charge is 2.36. The van der Waals surface area contributed by atoms with Crippen molar-refractivity contribution in [1.82, 2.24) is 10.6 Å². The summed E-state index contributed by atoms with van der Waals surface area (Å²) in [5, 5.41) is 6.87. The van der Waals surface area contributed by atoms with Gasteiger partial charge in [0.2, 0.25) is 0 Å². The summed E-state index contributed by atoms with van der Waals surface area (Å²) < 4.78 is 0. The lowest BCUT2D eigenvalue weighted by Gasteiger charge is -2.16. The molecule has 15 heavy (non-hydrogen) atoms. The van der Waals surface area contributed by atoms with Crippen molar-refractivity contribution in [2.75, 3.05) is 7.05 Å². The lowest BCUT2D eigenvalue weighted by atomic mass is 10.2. The molecule has 0 aromatic carbocycles. The molecule has 1 rings (SSSR count). The third kappa shape index (κ3) is 4.10. The van der Waals surface area contributed by atoms with Crippen LogP contribution in [-0.4, -0.2) is 25.1 Å². The molecule has 1 fully saturated rings. The molecule has 0 aromatic heterocycles. The fraction of sp³-hybridized carbons (Fsp3) is 0.917. The van der Waals surface area contributed by atoms with Gasteiger partial charge < -0.3 is 10.6 Å². The van der Waals surface area contributed by atoms with Crippen molar-refractivity contribution in [2.45, 2.75) is 58.5 Å². The number of nitrogens with zero attached hydrogens (tertiary/aromatic N) is 1. The Balaban J connectivity index is 2.24. The zero-order valence-electron chi connectivity index (χ0n) is 10.5. The third-order valence-corrected chi connectivity index (χ3v) is 3.12. The van der Waals surface area contributed by atoms with Crippen molar-refractivity contribution in [3.8, 4) is 0 Å². The molecule has 3 unspecified atom stereocenters. The monoisotopic (exact) mass is 211 g/mol. The molecule has 0 spiro atoms. The van der Waals surface area contributed by atoms with Gasteiger partial charge in [0.25, 0.3) is 0 Å². The first-order chi connectivity index (χ1) is 7.21. The Kier molecular flexibility index (Phi) is 4.92. The number of aliphatic imine (C=N–C) groups is 1. The van der Waals surface area contributed by atoms with E-state index >= 15 is 0 Å². The van der Waals surface area contributed by atoms with Crippen molar-refractivity contribution < 1.29 is 0 Å². The molecule has 1 aliphatic rings. The minimum atomic E-state index is 0.500. The topological polar surface area (TPSA) is 36.4 Å². The number of nitrogens with one attached hydrogen (secondary N) is 2. The zero-order chi connectivity index (χ0) is 11.3. The molecule has 1 aliphatic carbocycles. The number of rotatable bonds is 5. The molecule has 0 aromatic rings. The normalized spacial score (nSPS) is 27.3. The van der Waals surface area contributed by atoms with Gasteiger partial charge in [0.15, 0.2) is 5.96 Å². The second-order valence-corrected chi connectivity index (χ2v) is 4.56. The van der Waals surface area contributed by atoms with Crippen LogP contribution in [0.1, 0.15) is 46.5 Å². The smallest absolute Gasteiger partial charge is 0.191 e. The molecule has 88 valence electrons. The summed E-state index contributed by atoms with van der Waals surface area (Å²) in [5.41, 5.74) is 0. The summed E-state index contributed by atoms with van der Waals surface area (Å²) in [5.74, 6) is 1.85. The maximum Gasteiger partial charge on any atom is 0.191 e. The van der Waals surface area contributed by atoms with E-state index in [1.54, 1.807) is 0 Å². The second kappa shape index (κ2) is 5.99. The highest BCUT2D eigenvalue weighted by molar-refractivity contribution is 5.80. The summed E-state index contributed by atoms with van der Waals surface area (Å²) >= 11 is 0. The standard InChI is InChI=1S/C12H25N3/c1-5-7-10-8-11(10)15-12(13-4)14-9(3)6-2/h9-11H,5-8H2,1-4H3,(H2,13,14,15). The summed E-state index contributed by atoms with van der Waals surface area (Å²) in [4.78, 5) is 4.25. The number of hydrogen-bond acceptors (Lipinski definition) is 1. The van der Waals surface area contributed by atoms with Gasteiger partial charge >= 0.3 is 0 Å². The molecule has 1 saturated carbocycles. The van der Waals surface area contributed by atoms with Crippen molar-refractivity contribution in [3.63, 3.8) is 0 Å². The predicted octanol–water partition coefficient (Wildman–Crippen LogP) is 2.14. The lowest BCUT2D eigenvalue weighted by Crippen LogP contribution is -2.43. The van der Waals surface area contributed by atoms with Gasteiger partial charge in [-0.2, -0.15) is 0 Å². The van der Waals surface area contributed by atoms with Crippen LogP contribution >= 0.6 is 0 Å². The molecular formula is C12H25N3. The molecule has 3 nitrogen and oxygen atoms in total. The van der Waals surface area contributed by atoms with Gasteiger partial charge in [0, 0.05) is 19.1 Å². The van der Waals surface area contributed by atoms with Crippen LogP contribution in [0.4, 0.5) is 0 Å². The van der Waals surface area contributed by atoms with E-state index in [-0.39, 0.29) is 0 Å². The largest absolute Gasteiger partial charge is 0.354 e. The van der Waals surface area contributed by atoms with E-state index in [9.17, 15) is 0 Å². The van der Waals surface area contributed by atoms with Gasteiger partial charge in [-0.05, 0) is 32.1 Å². The first-order valence-corrected chi connectivity index (χ1v) is 6.21. The van der Waals surface area contributed by atoms with Crippen molar-refractivity contribution in [3.05, 3.63) is 0 Å². The van der Waals surface area contributed by atoms with Crippen LogP contribution in [0.3, 0.4) is 0 Å². The highest BCUT2D eigenvalue weighted by atomic mass is 15.2. The van der Waals surface area contributed by atoms with Gasteiger partial charge in [-0.1, -0.05) is 20.3 Å². The maximum atomic E-state index is 4.25. The van der Waals surface area contributed by atoms with E-state index in [1.807, 2.05) is 7.05 Å². The highest BCUT2D eigenvalue weighted by Crippen LogP contribution is 2.34. The summed E-state index contributed by atoms with van der Waals surface area (Å²) in [7, 11) is 1.84. The Morgan fingerprint density at radius 3 is 2.73 bits per heavy atom. The van der Waals surface area contributed by atoms with E-state index < -0.39 is 0 Å². The molecule has 0 amide bonds. The minimum absolute atomic E-state index is 0.500. The van der Waals surface area contributed by atoms with Crippen molar-refractivity contribution in [1.29, 1.82) is 0 Å². The average molecular weight is 211 g/mol. The molecule has 3 atom stereocenters. The van der Waals surface area contributed by atoms with E-state index in [2.05, 4.69) is 36.4 Å². The minimum Gasteiger partial charge on any atom is -0.354 e. The molecule has 0 radical (unpaired) electrons. The van der Waals surface area contributed by atoms with Crippen LogP contribution in [0, 0.1) is 5.92 Å². The molecule has 0 heterocycles. The predicted molar refractivity (Wildman–Crippen MR) is 66.2 cm³/mol. The molecular weight excluding hydrogens is 186 g/mol. The SMILES string of the molecule is CCCC1CC1NC(=NC)NC(C)CC. The maximum absolute atomic E-state index is 4.25. The number of guanidine groups is 1. The van der Waals surface area contributed by atoms with Crippen molar-refractivity contribution >= 4 is 5.96 Å². The first-order valence-electron chi connectivity index (χ1n) is 6.21. The fourth-order valence-electron chi connectivity index (χ4n) is 1.80. The Morgan fingerprint density at radius 1 is 1.47 bits per heavy atom. The van der Waals surface area contributed by atoms with Gasteiger partial charge in [-0.3, -0.25) is 4.99 Å².